The molecule has 0 saturated heterocycles. The van der Waals surface area contributed by atoms with Gasteiger partial charge in [-0.3, -0.25) is 0 Å². The Labute approximate surface area is 105 Å². The van der Waals surface area contributed by atoms with Gasteiger partial charge in [0.1, 0.15) is 0 Å². The van der Waals surface area contributed by atoms with E-state index >= 15 is 0 Å². The quantitative estimate of drug-likeness (QED) is 0.891. The smallest absolute Gasteiger partial charge is 0.0991 e. The lowest BCUT2D eigenvalue weighted by Gasteiger charge is -2.09. The number of thiophene rings is 1. The molecule has 1 aromatic carbocycles. The van der Waals surface area contributed by atoms with Crippen molar-refractivity contribution in [3.8, 4) is 6.07 Å². The molecule has 0 saturated carbocycles. The first-order valence-electron chi connectivity index (χ1n) is 4.59. The third kappa shape index (κ3) is 2.61. The predicted octanol–water partition coefficient (Wildman–Crippen LogP) is 3.09. The summed E-state index contributed by atoms with van der Waals surface area (Å²) >= 11 is 1.64. The van der Waals surface area contributed by atoms with E-state index in [0.29, 0.717) is 5.56 Å². The Bertz CT molecular complexity index is 471. The van der Waals surface area contributed by atoms with Gasteiger partial charge in [0.05, 0.1) is 17.7 Å². The lowest BCUT2D eigenvalue weighted by molar-refractivity contribution is 0.877. The Hall–Kier alpha value is -1.34. The maximum Gasteiger partial charge on any atom is 0.0991 e. The van der Waals surface area contributed by atoms with Crippen molar-refractivity contribution in [3.05, 3.63) is 57.8 Å². The van der Waals surface area contributed by atoms with Crippen LogP contribution in [-0.2, 0) is 0 Å². The molecule has 82 valence electrons. The Morgan fingerprint density at radius 2 is 1.81 bits per heavy atom. The summed E-state index contributed by atoms with van der Waals surface area (Å²) in [5, 5.41) is 12.7. The molecule has 0 radical (unpaired) electrons. The van der Waals surface area contributed by atoms with Crippen LogP contribution in [0.25, 0.3) is 0 Å². The fourth-order valence-electron chi connectivity index (χ4n) is 1.41. The van der Waals surface area contributed by atoms with Crippen molar-refractivity contribution in [2.45, 2.75) is 6.04 Å². The molecule has 0 aliphatic carbocycles. The molecule has 2 N–H and O–H groups in total. The summed E-state index contributed by atoms with van der Waals surface area (Å²) in [6.45, 7) is 0. The number of rotatable bonds is 2. The molecule has 0 bridgehead atoms. The average molecular weight is 251 g/mol. The summed E-state index contributed by atoms with van der Waals surface area (Å²) in [5.74, 6) is 0. The molecule has 1 aromatic heterocycles. The molecule has 0 fully saturated rings. The number of hydrogen-bond donors (Lipinski definition) is 1. The molecule has 0 aliphatic heterocycles. The van der Waals surface area contributed by atoms with Gasteiger partial charge in [0.25, 0.3) is 0 Å². The Balaban J connectivity index is 0.00000128. The number of nitrogens with zero attached hydrogens (tertiary/aromatic N) is 1. The van der Waals surface area contributed by atoms with Crippen molar-refractivity contribution in [3.63, 3.8) is 0 Å². The van der Waals surface area contributed by atoms with Crippen LogP contribution in [0, 0.1) is 11.3 Å². The van der Waals surface area contributed by atoms with E-state index < -0.39 is 0 Å². The molecule has 2 aromatic rings. The highest BCUT2D eigenvalue weighted by Crippen LogP contribution is 2.21. The molecule has 0 unspecified atom stereocenters. The van der Waals surface area contributed by atoms with Gasteiger partial charge < -0.3 is 5.73 Å². The first-order chi connectivity index (χ1) is 7.31. The standard InChI is InChI=1S/C12H10N2S.ClH/c13-7-9-1-3-10(4-2-9)12(14)11-5-6-15-8-11;/h1-6,8,12H,14H2;1H/t12-;/m0./s1. The van der Waals surface area contributed by atoms with Gasteiger partial charge in [-0.05, 0) is 40.1 Å². The third-order valence-electron chi connectivity index (χ3n) is 2.30. The first kappa shape index (κ1) is 12.7. The molecule has 0 aliphatic rings. The molecule has 2 rings (SSSR count). The van der Waals surface area contributed by atoms with E-state index in [2.05, 4.69) is 6.07 Å². The van der Waals surface area contributed by atoms with Gasteiger partial charge in [0.2, 0.25) is 0 Å². The second-order valence-electron chi connectivity index (χ2n) is 3.27. The molecule has 0 spiro atoms. The van der Waals surface area contributed by atoms with E-state index in [0.717, 1.165) is 11.1 Å². The highest BCUT2D eigenvalue weighted by Gasteiger charge is 2.08. The van der Waals surface area contributed by atoms with Crippen LogP contribution in [0.3, 0.4) is 0 Å². The molecule has 2 nitrogen and oxygen atoms in total. The Morgan fingerprint density at radius 3 is 2.31 bits per heavy atom. The van der Waals surface area contributed by atoms with Crippen molar-refractivity contribution in [2.24, 2.45) is 5.73 Å². The largest absolute Gasteiger partial charge is 0.320 e. The number of nitriles is 1. The lowest BCUT2D eigenvalue weighted by atomic mass is 10.0. The molecule has 4 heteroatoms. The van der Waals surface area contributed by atoms with Gasteiger partial charge in [-0.1, -0.05) is 12.1 Å². The van der Waals surface area contributed by atoms with E-state index in [1.807, 2.05) is 29.0 Å². The van der Waals surface area contributed by atoms with Crippen LogP contribution < -0.4 is 5.73 Å². The summed E-state index contributed by atoms with van der Waals surface area (Å²) in [7, 11) is 0. The zero-order valence-corrected chi connectivity index (χ0v) is 10.1. The van der Waals surface area contributed by atoms with Crippen LogP contribution in [0.5, 0.6) is 0 Å². The summed E-state index contributed by atoms with van der Waals surface area (Å²) in [6, 6.07) is 11.4. The number of nitrogens with two attached hydrogens (primary N) is 1. The van der Waals surface area contributed by atoms with Gasteiger partial charge in [-0.15, -0.1) is 12.4 Å². The number of halogens is 1. The topological polar surface area (TPSA) is 49.8 Å². The minimum Gasteiger partial charge on any atom is -0.320 e. The van der Waals surface area contributed by atoms with Crippen LogP contribution in [0.1, 0.15) is 22.7 Å². The first-order valence-corrected chi connectivity index (χ1v) is 5.53. The minimum absolute atomic E-state index is 0. The van der Waals surface area contributed by atoms with Crippen LogP contribution >= 0.6 is 23.7 Å². The van der Waals surface area contributed by atoms with Gasteiger partial charge >= 0.3 is 0 Å². The normalized spacial score (nSPS) is 11.2. The molecule has 16 heavy (non-hydrogen) atoms. The van der Waals surface area contributed by atoms with E-state index in [1.165, 1.54) is 0 Å². The van der Waals surface area contributed by atoms with E-state index in [-0.39, 0.29) is 18.4 Å². The van der Waals surface area contributed by atoms with Gasteiger partial charge in [-0.25, -0.2) is 0 Å². The average Bonchev–Trinajstić information content (AvgIpc) is 2.82. The van der Waals surface area contributed by atoms with Crippen molar-refractivity contribution >= 4 is 23.7 Å². The minimum atomic E-state index is -0.0935. The Morgan fingerprint density at radius 1 is 1.12 bits per heavy atom. The second-order valence-corrected chi connectivity index (χ2v) is 4.05. The lowest BCUT2D eigenvalue weighted by Crippen LogP contribution is -2.10. The third-order valence-corrected chi connectivity index (χ3v) is 3.00. The monoisotopic (exact) mass is 250 g/mol. The summed E-state index contributed by atoms with van der Waals surface area (Å²) in [6.07, 6.45) is 0. The van der Waals surface area contributed by atoms with Gasteiger partial charge in [0, 0.05) is 0 Å². The second kappa shape index (κ2) is 5.66. The van der Waals surface area contributed by atoms with Crippen LogP contribution in [0.15, 0.2) is 41.1 Å². The highest BCUT2D eigenvalue weighted by atomic mass is 35.5. The zero-order valence-electron chi connectivity index (χ0n) is 8.46. The number of benzene rings is 1. The summed E-state index contributed by atoms with van der Waals surface area (Å²) in [5.41, 5.74) is 8.89. The van der Waals surface area contributed by atoms with Crippen LogP contribution in [0.4, 0.5) is 0 Å². The molecular formula is C12H11ClN2S. The van der Waals surface area contributed by atoms with Crippen molar-refractivity contribution < 1.29 is 0 Å². The molecular weight excluding hydrogens is 240 g/mol. The number of hydrogen-bond acceptors (Lipinski definition) is 3. The van der Waals surface area contributed by atoms with Crippen molar-refractivity contribution in [1.82, 2.24) is 0 Å². The highest BCUT2D eigenvalue weighted by molar-refractivity contribution is 7.08. The zero-order chi connectivity index (χ0) is 10.7. The fourth-order valence-corrected chi connectivity index (χ4v) is 2.11. The van der Waals surface area contributed by atoms with Gasteiger partial charge in [0.15, 0.2) is 0 Å². The maximum absolute atomic E-state index is 8.67. The SMILES string of the molecule is Cl.N#Cc1ccc([C@H](N)c2ccsc2)cc1. The summed E-state index contributed by atoms with van der Waals surface area (Å²) in [4.78, 5) is 0. The molecule has 0 amide bonds. The van der Waals surface area contributed by atoms with Crippen molar-refractivity contribution in [1.29, 1.82) is 5.26 Å². The molecule has 1 atom stereocenters. The van der Waals surface area contributed by atoms with Gasteiger partial charge in [-0.2, -0.15) is 16.6 Å². The Kier molecular flexibility index (Phi) is 4.51. The molecule has 1 heterocycles. The maximum atomic E-state index is 8.67. The van der Waals surface area contributed by atoms with Crippen LogP contribution in [-0.4, -0.2) is 0 Å². The van der Waals surface area contributed by atoms with Crippen LogP contribution in [0.2, 0.25) is 0 Å². The van der Waals surface area contributed by atoms with E-state index in [4.69, 9.17) is 11.0 Å². The van der Waals surface area contributed by atoms with E-state index in [9.17, 15) is 0 Å². The fraction of sp³-hybridized carbons (Fsp3) is 0.0833. The van der Waals surface area contributed by atoms with E-state index in [1.54, 1.807) is 23.5 Å². The summed E-state index contributed by atoms with van der Waals surface area (Å²) < 4.78 is 0. The van der Waals surface area contributed by atoms with Crippen molar-refractivity contribution in [2.75, 3.05) is 0 Å². The predicted molar refractivity (Wildman–Crippen MR) is 68.8 cm³/mol.